The molecule has 0 radical (unpaired) electrons. The van der Waals surface area contributed by atoms with E-state index in [1.54, 1.807) is 40.1 Å². The van der Waals surface area contributed by atoms with E-state index in [0.717, 1.165) is 5.56 Å². The fourth-order valence-electron chi connectivity index (χ4n) is 2.99. The van der Waals surface area contributed by atoms with Crippen LogP contribution in [0.4, 0.5) is 14.5 Å². The minimum absolute atomic E-state index is 0.180. The quantitative estimate of drug-likeness (QED) is 0.870. The van der Waals surface area contributed by atoms with Gasteiger partial charge in [-0.2, -0.15) is 0 Å². The third-order valence-corrected chi connectivity index (χ3v) is 4.53. The summed E-state index contributed by atoms with van der Waals surface area (Å²) in [4.78, 5) is 28.2. The Morgan fingerprint density at radius 2 is 1.93 bits per heavy atom. The Kier molecular flexibility index (Phi) is 5.85. The first-order valence-corrected chi connectivity index (χ1v) is 8.69. The van der Waals surface area contributed by atoms with Crippen LogP contribution in [0.25, 0.3) is 0 Å². The predicted molar refractivity (Wildman–Crippen MR) is 96.2 cm³/mol. The van der Waals surface area contributed by atoms with Crippen LogP contribution in [0.3, 0.4) is 0 Å². The molecule has 3 rings (SSSR count). The number of amides is 2. The van der Waals surface area contributed by atoms with E-state index in [-0.39, 0.29) is 18.2 Å². The predicted octanol–water partition coefficient (Wildman–Crippen LogP) is 2.86. The summed E-state index contributed by atoms with van der Waals surface area (Å²) in [6, 6.07) is 8.27. The van der Waals surface area contributed by atoms with Gasteiger partial charge in [0.05, 0.1) is 12.8 Å². The Morgan fingerprint density at radius 3 is 2.56 bits per heavy atom. The van der Waals surface area contributed by atoms with Crippen LogP contribution in [0.2, 0.25) is 0 Å². The first-order valence-electron chi connectivity index (χ1n) is 8.69. The van der Waals surface area contributed by atoms with Crippen LogP contribution >= 0.6 is 0 Å². The van der Waals surface area contributed by atoms with Crippen molar-refractivity contribution in [2.24, 2.45) is 0 Å². The van der Waals surface area contributed by atoms with Crippen LogP contribution in [-0.2, 0) is 0 Å². The van der Waals surface area contributed by atoms with E-state index < -0.39 is 12.3 Å². The molecule has 0 unspecified atom stereocenters. The Balaban J connectivity index is 1.66. The van der Waals surface area contributed by atoms with E-state index in [1.165, 1.54) is 6.26 Å². The third kappa shape index (κ3) is 4.71. The van der Waals surface area contributed by atoms with Crippen molar-refractivity contribution in [3.63, 3.8) is 0 Å². The normalized spacial score (nSPS) is 15.2. The summed E-state index contributed by atoms with van der Waals surface area (Å²) >= 11 is 0. The van der Waals surface area contributed by atoms with Crippen molar-refractivity contribution in [2.45, 2.75) is 13.3 Å². The summed E-state index contributed by atoms with van der Waals surface area (Å²) in [5.41, 5.74) is 1.78. The molecule has 1 fully saturated rings. The van der Waals surface area contributed by atoms with Crippen LogP contribution in [0.15, 0.2) is 41.0 Å². The lowest BCUT2D eigenvalue weighted by Gasteiger charge is -2.34. The van der Waals surface area contributed by atoms with Gasteiger partial charge in [0.15, 0.2) is 5.76 Å². The molecule has 1 N–H and O–H groups in total. The number of halogens is 2. The summed E-state index contributed by atoms with van der Waals surface area (Å²) in [5.74, 6) is -0.394. The maximum absolute atomic E-state index is 12.7. The molecule has 6 nitrogen and oxygen atoms in total. The number of furan rings is 1. The molecule has 1 saturated heterocycles. The van der Waals surface area contributed by atoms with E-state index in [1.807, 2.05) is 6.92 Å². The standard InChI is InChI=1S/C19H21F2N3O3/c1-13-4-5-14(11-15(13)22-18(25)16-3-2-10-27-16)19(26)24-8-6-23(7-9-24)12-17(20)21/h2-5,10-11,17H,6-9,12H2,1H3,(H,22,25). The van der Waals surface area contributed by atoms with Gasteiger partial charge < -0.3 is 14.6 Å². The maximum Gasteiger partial charge on any atom is 0.291 e. The van der Waals surface area contributed by atoms with Gasteiger partial charge in [-0.15, -0.1) is 0 Å². The molecule has 27 heavy (non-hydrogen) atoms. The average molecular weight is 377 g/mol. The lowest BCUT2D eigenvalue weighted by Crippen LogP contribution is -2.49. The number of rotatable bonds is 5. The van der Waals surface area contributed by atoms with E-state index in [0.29, 0.717) is 37.4 Å². The largest absolute Gasteiger partial charge is 0.459 e. The van der Waals surface area contributed by atoms with Crippen LogP contribution in [0.5, 0.6) is 0 Å². The van der Waals surface area contributed by atoms with Crippen molar-refractivity contribution in [3.05, 3.63) is 53.5 Å². The number of hydrogen-bond acceptors (Lipinski definition) is 4. The second-order valence-corrected chi connectivity index (χ2v) is 6.45. The van der Waals surface area contributed by atoms with Gasteiger partial charge in [0.2, 0.25) is 0 Å². The van der Waals surface area contributed by atoms with Gasteiger partial charge in [0.25, 0.3) is 18.2 Å². The average Bonchev–Trinajstić information content (AvgIpc) is 3.18. The molecule has 0 spiro atoms. The van der Waals surface area contributed by atoms with Gasteiger partial charge in [-0.25, -0.2) is 8.78 Å². The number of carbonyl (C=O) groups is 2. The molecule has 144 valence electrons. The molecule has 2 heterocycles. The van der Waals surface area contributed by atoms with Crippen molar-refractivity contribution in [1.82, 2.24) is 9.80 Å². The molecule has 1 aromatic heterocycles. The highest BCUT2D eigenvalue weighted by atomic mass is 19.3. The SMILES string of the molecule is Cc1ccc(C(=O)N2CCN(CC(F)F)CC2)cc1NC(=O)c1ccco1. The summed E-state index contributed by atoms with van der Waals surface area (Å²) in [6.45, 7) is 3.19. The summed E-state index contributed by atoms with van der Waals surface area (Å²) in [6.07, 6.45) is -0.959. The number of alkyl halides is 2. The van der Waals surface area contributed by atoms with Crippen LogP contribution < -0.4 is 5.32 Å². The highest BCUT2D eigenvalue weighted by Crippen LogP contribution is 2.20. The van der Waals surface area contributed by atoms with Crippen LogP contribution in [-0.4, -0.2) is 60.8 Å². The zero-order chi connectivity index (χ0) is 19.4. The van der Waals surface area contributed by atoms with Crippen molar-refractivity contribution >= 4 is 17.5 Å². The van der Waals surface area contributed by atoms with Gasteiger partial charge in [-0.3, -0.25) is 14.5 Å². The summed E-state index contributed by atoms with van der Waals surface area (Å²) in [7, 11) is 0. The van der Waals surface area contributed by atoms with Crippen molar-refractivity contribution in [1.29, 1.82) is 0 Å². The molecule has 0 bridgehead atoms. The van der Waals surface area contributed by atoms with Gasteiger partial charge in [-0.05, 0) is 36.8 Å². The molecule has 0 aliphatic carbocycles. The fraction of sp³-hybridized carbons (Fsp3) is 0.368. The molecule has 2 amide bonds. The molecule has 1 aliphatic rings. The molecular formula is C19H21F2N3O3. The Morgan fingerprint density at radius 1 is 1.19 bits per heavy atom. The Hall–Kier alpha value is -2.74. The zero-order valence-corrected chi connectivity index (χ0v) is 15.0. The van der Waals surface area contributed by atoms with Crippen LogP contribution in [0.1, 0.15) is 26.5 Å². The number of nitrogens with zero attached hydrogens (tertiary/aromatic N) is 2. The zero-order valence-electron chi connectivity index (χ0n) is 15.0. The number of anilines is 1. The number of benzene rings is 1. The fourth-order valence-corrected chi connectivity index (χ4v) is 2.99. The number of piperazine rings is 1. The minimum atomic E-state index is -2.37. The molecule has 2 aromatic rings. The third-order valence-electron chi connectivity index (χ3n) is 4.53. The first kappa shape index (κ1) is 19.0. The second-order valence-electron chi connectivity index (χ2n) is 6.45. The van der Waals surface area contributed by atoms with E-state index in [2.05, 4.69) is 5.32 Å². The number of hydrogen-bond donors (Lipinski definition) is 1. The van der Waals surface area contributed by atoms with Crippen molar-refractivity contribution < 1.29 is 22.8 Å². The molecule has 0 saturated carbocycles. The lowest BCUT2D eigenvalue weighted by molar-refractivity contribution is 0.0459. The molecular weight excluding hydrogens is 356 g/mol. The van der Waals surface area contributed by atoms with Crippen molar-refractivity contribution in [3.8, 4) is 0 Å². The monoisotopic (exact) mass is 377 g/mol. The van der Waals surface area contributed by atoms with Crippen LogP contribution in [0, 0.1) is 6.92 Å². The molecule has 1 aromatic carbocycles. The van der Waals surface area contributed by atoms with Gasteiger partial charge in [0, 0.05) is 37.4 Å². The topological polar surface area (TPSA) is 65.8 Å². The highest BCUT2D eigenvalue weighted by Gasteiger charge is 2.24. The number of aryl methyl sites for hydroxylation is 1. The van der Waals surface area contributed by atoms with Gasteiger partial charge >= 0.3 is 0 Å². The highest BCUT2D eigenvalue weighted by molar-refractivity contribution is 6.03. The molecule has 0 atom stereocenters. The van der Waals surface area contributed by atoms with Crippen molar-refractivity contribution in [2.75, 3.05) is 38.0 Å². The Bertz CT molecular complexity index is 801. The second kappa shape index (κ2) is 8.30. The molecule has 8 heteroatoms. The number of carbonyl (C=O) groups excluding carboxylic acids is 2. The maximum atomic E-state index is 12.7. The lowest BCUT2D eigenvalue weighted by atomic mass is 10.1. The number of nitrogens with one attached hydrogen (secondary N) is 1. The van der Waals surface area contributed by atoms with E-state index >= 15 is 0 Å². The van der Waals surface area contributed by atoms with E-state index in [4.69, 9.17) is 4.42 Å². The first-order chi connectivity index (χ1) is 12.9. The summed E-state index contributed by atoms with van der Waals surface area (Å²) < 4.78 is 30.0. The minimum Gasteiger partial charge on any atom is -0.459 e. The molecule has 1 aliphatic heterocycles. The van der Waals surface area contributed by atoms with Gasteiger partial charge in [-0.1, -0.05) is 6.07 Å². The van der Waals surface area contributed by atoms with Gasteiger partial charge in [0.1, 0.15) is 0 Å². The summed E-state index contributed by atoms with van der Waals surface area (Å²) in [5, 5.41) is 2.74. The smallest absolute Gasteiger partial charge is 0.291 e. The van der Waals surface area contributed by atoms with E-state index in [9.17, 15) is 18.4 Å². The Labute approximate surface area is 155 Å².